The summed E-state index contributed by atoms with van der Waals surface area (Å²) in [6.07, 6.45) is 1.66. The average Bonchev–Trinajstić information content (AvgIpc) is 2.47. The second kappa shape index (κ2) is 2.38. The molecule has 3 aromatic rings. The van der Waals surface area contributed by atoms with E-state index in [1.54, 1.807) is 12.3 Å². The fourth-order valence-corrected chi connectivity index (χ4v) is 1.93. The van der Waals surface area contributed by atoms with Gasteiger partial charge in [-0.05, 0) is 0 Å². The number of rotatable bonds is 0. The van der Waals surface area contributed by atoms with Crippen molar-refractivity contribution in [3.63, 3.8) is 0 Å². The average molecular weight is 179 g/mol. The number of nitrogens with zero attached hydrogens (tertiary/aromatic N) is 1. The molecule has 0 spiro atoms. The van der Waals surface area contributed by atoms with E-state index >= 15 is 0 Å². The van der Waals surface area contributed by atoms with Crippen LogP contribution in [0.5, 0.6) is 0 Å². The molecule has 2 aromatic carbocycles. The zero-order valence-corrected chi connectivity index (χ0v) is 7.45. The first kappa shape index (κ1) is 7.62. The van der Waals surface area contributed by atoms with Gasteiger partial charge in [-0.25, -0.2) is 0 Å². The van der Waals surface area contributed by atoms with Crippen molar-refractivity contribution in [3.05, 3.63) is 45.8 Å². The van der Waals surface area contributed by atoms with Crippen LogP contribution in [0.25, 0.3) is 21.7 Å². The predicted molar refractivity (Wildman–Crippen MR) is 58.3 cm³/mol. The van der Waals surface area contributed by atoms with Crippen LogP contribution in [-0.2, 0) is 0 Å². The van der Waals surface area contributed by atoms with Gasteiger partial charge < -0.3 is 0 Å². The van der Waals surface area contributed by atoms with E-state index in [1.807, 2.05) is 18.2 Å². The molecule has 14 heavy (non-hydrogen) atoms. The van der Waals surface area contributed by atoms with E-state index < -0.39 is 0 Å². The second-order valence-corrected chi connectivity index (χ2v) is 3.37. The molecule has 0 bridgehead atoms. The minimum absolute atomic E-state index is 0.0265. The van der Waals surface area contributed by atoms with Crippen LogP contribution in [0, 0.1) is 5.11 Å². The number of hydrogen-bond acceptors (Lipinski definition) is 2. The van der Waals surface area contributed by atoms with Crippen LogP contribution in [0.2, 0.25) is 0 Å². The van der Waals surface area contributed by atoms with Gasteiger partial charge in [0.1, 0.15) is 0 Å². The molecule has 0 saturated carbocycles. The fourth-order valence-electron chi connectivity index (χ4n) is 1.93. The van der Waals surface area contributed by atoms with E-state index in [9.17, 15) is 4.79 Å². The Morgan fingerprint density at radius 1 is 1.14 bits per heavy atom. The molecule has 0 saturated heterocycles. The standard InChI is InChI=1S/C11H6BNO/c12-10-6-2-1-3-8-9(6)7(11(10)14)4-5-13-8/h1-5,12H. The zero-order chi connectivity index (χ0) is 9.71. The van der Waals surface area contributed by atoms with Crippen LogP contribution in [0.3, 0.4) is 0 Å². The molecule has 0 aliphatic carbocycles. The molecule has 64 valence electrons. The quantitative estimate of drug-likeness (QED) is 0.483. The Morgan fingerprint density at radius 2 is 2.00 bits per heavy atom. The summed E-state index contributed by atoms with van der Waals surface area (Å²) in [5.41, 5.74) is 0.894. The van der Waals surface area contributed by atoms with Crippen molar-refractivity contribution in [3.8, 4) is 0 Å². The van der Waals surface area contributed by atoms with Crippen LogP contribution in [0.1, 0.15) is 0 Å². The molecule has 0 radical (unpaired) electrons. The third-order valence-corrected chi connectivity index (χ3v) is 2.61. The van der Waals surface area contributed by atoms with Crippen molar-refractivity contribution in [2.75, 3.05) is 0 Å². The van der Waals surface area contributed by atoms with Crippen molar-refractivity contribution in [1.82, 2.24) is 4.98 Å². The van der Waals surface area contributed by atoms with Crippen LogP contribution in [0.15, 0.2) is 35.3 Å². The summed E-state index contributed by atoms with van der Waals surface area (Å²) in [6, 6.07) is 7.49. The van der Waals surface area contributed by atoms with Crippen LogP contribution in [-0.4, -0.2) is 12.5 Å². The van der Waals surface area contributed by atoms with Gasteiger partial charge in [0, 0.05) is 0 Å². The molecule has 3 heteroatoms. The van der Waals surface area contributed by atoms with E-state index in [-0.39, 0.29) is 5.43 Å². The summed E-state index contributed by atoms with van der Waals surface area (Å²) in [5.74, 6) is 0. The second-order valence-electron chi connectivity index (χ2n) is 3.37. The van der Waals surface area contributed by atoms with Crippen molar-refractivity contribution < 1.29 is 0 Å². The number of benzene rings is 1. The van der Waals surface area contributed by atoms with Crippen molar-refractivity contribution in [2.24, 2.45) is 0 Å². The molecule has 0 amide bonds. The number of hydrogen-bond donors (Lipinski definition) is 0. The summed E-state index contributed by atoms with van der Waals surface area (Å²) < 4.78 is 0. The minimum atomic E-state index is 0.0265. The first-order valence-corrected chi connectivity index (χ1v) is 4.41. The summed E-state index contributed by atoms with van der Waals surface area (Å²) in [7, 11) is 3.80. The third-order valence-electron chi connectivity index (χ3n) is 2.61. The Bertz CT molecular complexity index is 664. The van der Waals surface area contributed by atoms with Crippen LogP contribution < -0.4 is 5.43 Å². The normalized spacial score (nSPS) is 11.4. The van der Waals surface area contributed by atoms with Gasteiger partial charge >= 0.3 is 79.9 Å². The fraction of sp³-hybridized carbons (Fsp3) is 0. The molecule has 3 rings (SSSR count). The molecule has 0 atom stereocenters. The molecule has 1 aromatic heterocycles. The van der Waals surface area contributed by atoms with Crippen molar-refractivity contribution >= 4 is 29.2 Å². The summed E-state index contributed by atoms with van der Waals surface area (Å²) >= 11 is 0. The summed E-state index contributed by atoms with van der Waals surface area (Å²) in [4.78, 5) is 16.0. The van der Waals surface area contributed by atoms with E-state index in [1.165, 1.54) is 0 Å². The third kappa shape index (κ3) is 0.745. The van der Waals surface area contributed by atoms with Gasteiger partial charge in [0.25, 0.3) is 0 Å². The van der Waals surface area contributed by atoms with Gasteiger partial charge in [-0.2, -0.15) is 0 Å². The van der Waals surface area contributed by atoms with Crippen LogP contribution in [0.4, 0.5) is 0 Å². The monoisotopic (exact) mass is 179 g/mol. The Hall–Kier alpha value is -1.77. The SMILES string of the molecule is B=c1c(=O)c2ccnc3cccc1c32. The van der Waals surface area contributed by atoms with Gasteiger partial charge in [0.15, 0.2) is 0 Å². The summed E-state index contributed by atoms with van der Waals surface area (Å²) in [5, 5.41) is 3.19. The summed E-state index contributed by atoms with van der Waals surface area (Å²) in [6.45, 7) is 0. The van der Waals surface area contributed by atoms with Gasteiger partial charge in [-0.15, -0.1) is 0 Å². The van der Waals surface area contributed by atoms with E-state index in [0.717, 1.165) is 21.7 Å². The molecule has 2 nitrogen and oxygen atoms in total. The molecule has 0 N–H and O–H groups in total. The maximum atomic E-state index is 11.7. The van der Waals surface area contributed by atoms with Gasteiger partial charge in [-0.3, -0.25) is 0 Å². The van der Waals surface area contributed by atoms with Crippen molar-refractivity contribution in [2.45, 2.75) is 0 Å². The molecule has 0 fully saturated rings. The van der Waals surface area contributed by atoms with E-state index in [2.05, 4.69) is 12.5 Å². The number of pyridine rings is 1. The Morgan fingerprint density at radius 3 is 2.86 bits per heavy atom. The molecule has 1 heterocycles. The van der Waals surface area contributed by atoms with Gasteiger partial charge in [0.05, 0.1) is 0 Å². The Balaban J connectivity index is 2.91. The maximum absolute atomic E-state index is 11.7. The van der Waals surface area contributed by atoms with Gasteiger partial charge in [-0.1, -0.05) is 0 Å². The van der Waals surface area contributed by atoms with E-state index in [0.29, 0.717) is 5.11 Å². The first-order valence-electron chi connectivity index (χ1n) is 4.41. The Kier molecular flexibility index (Phi) is 1.30. The molecular weight excluding hydrogens is 173 g/mol. The topological polar surface area (TPSA) is 30.0 Å². The van der Waals surface area contributed by atoms with E-state index in [4.69, 9.17) is 0 Å². The molecule has 0 aliphatic rings. The zero-order valence-electron chi connectivity index (χ0n) is 7.45. The van der Waals surface area contributed by atoms with Gasteiger partial charge in [0.2, 0.25) is 0 Å². The predicted octanol–water partition coefficient (Wildman–Crippen LogP) is 1.06. The first-order chi connectivity index (χ1) is 6.79. The molecule has 0 aliphatic heterocycles. The number of aromatic nitrogens is 1. The molecule has 0 unspecified atom stereocenters. The molecular formula is C11H6BNO. The van der Waals surface area contributed by atoms with Crippen molar-refractivity contribution in [1.29, 1.82) is 0 Å². The Labute approximate surface area is 80.6 Å². The van der Waals surface area contributed by atoms with Crippen LogP contribution >= 0.6 is 0 Å².